The number of carbonyl (C=O) groups is 4. The van der Waals surface area contributed by atoms with E-state index in [9.17, 15) is 19.2 Å². The zero-order chi connectivity index (χ0) is 19.9. The number of likely N-dealkylation sites (tertiary alicyclic amines) is 1. The van der Waals surface area contributed by atoms with Crippen molar-refractivity contribution in [2.75, 3.05) is 27.2 Å². The number of nitrogens with one attached hydrogen (secondary N) is 2. The lowest BCUT2D eigenvalue weighted by atomic mass is 9.99. The molecule has 0 aliphatic carbocycles. The molecule has 4 amide bonds. The van der Waals surface area contributed by atoms with Crippen molar-refractivity contribution >= 4 is 24.1 Å². The molecule has 1 fully saturated rings. The number of hydrogen-bond donors (Lipinski definition) is 2. The third-order valence-electron chi connectivity index (χ3n) is 4.68. The molecule has 0 unspecified atom stereocenters. The van der Waals surface area contributed by atoms with Crippen LogP contribution in [0.25, 0.3) is 0 Å². The largest absolute Gasteiger partial charge is 0.357 e. The van der Waals surface area contributed by atoms with Crippen molar-refractivity contribution in [1.82, 2.24) is 20.4 Å². The molecule has 2 N–H and O–H groups in total. The fourth-order valence-corrected chi connectivity index (χ4v) is 3.17. The molecule has 8 nitrogen and oxygen atoms in total. The van der Waals surface area contributed by atoms with Crippen LogP contribution in [0.1, 0.15) is 33.6 Å². The maximum Gasteiger partial charge on any atom is 0.249 e. The summed E-state index contributed by atoms with van der Waals surface area (Å²) in [7, 11) is 3.21. The van der Waals surface area contributed by atoms with Gasteiger partial charge in [0.1, 0.15) is 6.04 Å². The maximum atomic E-state index is 12.8. The summed E-state index contributed by atoms with van der Waals surface area (Å²) in [5.74, 6) is -0.502. The van der Waals surface area contributed by atoms with Gasteiger partial charge in [-0.05, 0) is 25.7 Å². The zero-order valence-corrected chi connectivity index (χ0v) is 16.2. The fourth-order valence-electron chi connectivity index (χ4n) is 3.17. The lowest BCUT2D eigenvalue weighted by molar-refractivity contribution is -0.135. The van der Waals surface area contributed by atoms with Gasteiger partial charge in [0.2, 0.25) is 24.1 Å². The third kappa shape index (κ3) is 5.31. The van der Waals surface area contributed by atoms with E-state index < -0.39 is 6.04 Å². The van der Waals surface area contributed by atoms with E-state index in [0.29, 0.717) is 24.9 Å². The summed E-state index contributed by atoms with van der Waals surface area (Å²) in [6.07, 6.45) is 3.70. The van der Waals surface area contributed by atoms with Crippen LogP contribution in [0, 0.1) is 5.92 Å². The van der Waals surface area contributed by atoms with Gasteiger partial charge in [0.15, 0.2) is 0 Å². The standard InChI is InChI=1S/C18H30N4O4/c1-12(2)15(21(5)16(24)10-20-11-23)9-13(3)18(26)22-8-6-7-14(22)17(25)19-4/h9,11-12,14-15H,6-8,10H2,1-5H3,(H,19,25)(H,20,23)/b13-9+/t14-,15+/m0/s1. The van der Waals surface area contributed by atoms with Crippen molar-refractivity contribution in [1.29, 1.82) is 0 Å². The van der Waals surface area contributed by atoms with Gasteiger partial charge in [-0.25, -0.2) is 0 Å². The van der Waals surface area contributed by atoms with E-state index in [1.807, 2.05) is 13.8 Å². The molecular formula is C18H30N4O4. The highest BCUT2D eigenvalue weighted by atomic mass is 16.2. The smallest absolute Gasteiger partial charge is 0.249 e. The molecule has 1 aliphatic heterocycles. The third-order valence-corrected chi connectivity index (χ3v) is 4.68. The quantitative estimate of drug-likeness (QED) is 0.463. The Hall–Kier alpha value is -2.38. The van der Waals surface area contributed by atoms with Crippen molar-refractivity contribution in [2.45, 2.75) is 45.7 Å². The molecule has 8 heteroatoms. The minimum atomic E-state index is -0.440. The minimum absolute atomic E-state index is 0.0799. The summed E-state index contributed by atoms with van der Waals surface area (Å²) in [5.41, 5.74) is 0.502. The van der Waals surface area contributed by atoms with Gasteiger partial charge in [-0.1, -0.05) is 19.9 Å². The van der Waals surface area contributed by atoms with Crippen molar-refractivity contribution in [3.8, 4) is 0 Å². The van der Waals surface area contributed by atoms with Crippen LogP contribution in [0.15, 0.2) is 11.6 Å². The number of hydrogen-bond acceptors (Lipinski definition) is 4. The second-order valence-electron chi connectivity index (χ2n) is 6.86. The number of carbonyl (C=O) groups excluding carboxylic acids is 4. The first-order chi connectivity index (χ1) is 12.2. The van der Waals surface area contributed by atoms with E-state index >= 15 is 0 Å². The van der Waals surface area contributed by atoms with Crippen molar-refractivity contribution in [2.24, 2.45) is 5.92 Å². The van der Waals surface area contributed by atoms with Crippen molar-refractivity contribution in [3.05, 3.63) is 11.6 Å². The predicted molar refractivity (Wildman–Crippen MR) is 98.0 cm³/mol. The lowest BCUT2D eigenvalue weighted by Crippen LogP contribution is -2.46. The first kappa shape index (κ1) is 21.7. The Morgan fingerprint density at radius 1 is 1.31 bits per heavy atom. The number of rotatable bonds is 8. The molecule has 0 aromatic carbocycles. The van der Waals surface area contributed by atoms with Gasteiger partial charge in [-0.15, -0.1) is 0 Å². The van der Waals surface area contributed by atoms with Gasteiger partial charge in [0.25, 0.3) is 0 Å². The van der Waals surface area contributed by atoms with Crippen LogP contribution in [0.3, 0.4) is 0 Å². The molecule has 1 heterocycles. The van der Waals surface area contributed by atoms with Gasteiger partial charge in [0.05, 0.1) is 12.6 Å². The molecule has 0 aromatic heterocycles. The fraction of sp³-hybridized carbons (Fsp3) is 0.667. The second-order valence-corrected chi connectivity index (χ2v) is 6.86. The Morgan fingerprint density at radius 2 is 1.96 bits per heavy atom. The highest BCUT2D eigenvalue weighted by Gasteiger charge is 2.34. The number of likely N-dealkylation sites (N-methyl/N-ethyl adjacent to an activating group) is 2. The van der Waals surface area contributed by atoms with Gasteiger partial charge in [0, 0.05) is 26.2 Å². The van der Waals surface area contributed by atoms with E-state index in [4.69, 9.17) is 0 Å². The molecule has 1 saturated heterocycles. The van der Waals surface area contributed by atoms with Gasteiger partial charge in [-0.2, -0.15) is 0 Å². The molecule has 0 saturated carbocycles. The van der Waals surface area contributed by atoms with Crippen LogP contribution in [-0.4, -0.2) is 73.2 Å². The van der Waals surface area contributed by atoms with E-state index in [1.165, 1.54) is 4.90 Å². The average Bonchev–Trinajstić information content (AvgIpc) is 3.11. The van der Waals surface area contributed by atoms with Crippen LogP contribution in [-0.2, 0) is 19.2 Å². The van der Waals surface area contributed by atoms with E-state index in [1.54, 1.807) is 32.0 Å². The Bertz CT molecular complexity index is 574. The SMILES string of the molecule is CNC(=O)[C@@H]1CCCN1C(=O)/C(C)=C/[C@H](C(C)C)N(C)C(=O)CNC=O. The Labute approximate surface area is 155 Å². The summed E-state index contributed by atoms with van der Waals surface area (Å²) < 4.78 is 0. The molecule has 0 bridgehead atoms. The Balaban J connectivity index is 2.94. The van der Waals surface area contributed by atoms with Crippen LogP contribution in [0.2, 0.25) is 0 Å². The molecule has 0 radical (unpaired) electrons. The molecule has 146 valence electrons. The normalized spacial score (nSPS) is 18.5. The highest BCUT2D eigenvalue weighted by Crippen LogP contribution is 2.21. The van der Waals surface area contributed by atoms with Crippen molar-refractivity contribution < 1.29 is 19.2 Å². The molecule has 26 heavy (non-hydrogen) atoms. The van der Waals surface area contributed by atoms with E-state index in [0.717, 1.165) is 6.42 Å². The monoisotopic (exact) mass is 366 g/mol. The Kier molecular flexibility index (Phi) is 8.28. The first-order valence-corrected chi connectivity index (χ1v) is 8.88. The number of amides is 4. The average molecular weight is 366 g/mol. The van der Waals surface area contributed by atoms with Crippen LogP contribution < -0.4 is 10.6 Å². The van der Waals surface area contributed by atoms with Crippen LogP contribution in [0.5, 0.6) is 0 Å². The predicted octanol–water partition coefficient (Wildman–Crippen LogP) is -0.101. The van der Waals surface area contributed by atoms with E-state index in [2.05, 4.69) is 10.6 Å². The summed E-state index contributed by atoms with van der Waals surface area (Å²) in [5, 5.41) is 4.96. The van der Waals surface area contributed by atoms with Crippen molar-refractivity contribution in [3.63, 3.8) is 0 Å². The maximum absolute atomic E-state index is 12.8. The lowest BCUT2D eigenvalue weighted by Gasteiger charge is -2.30. The second kappa shape index (κ2) is 9.94. The Morgan fingerprint density at radius 3 is 2.50 bits per heavy atom. The minimum Gasteiger partial charge on any atom is -0.357 e. The molecule has 0 spiro atoms. The summed E-state index contributed by atoms with van der Waals surface area (Å²) >= 11 is 0. The van der Waals surface area contributed by atoms with Crippen LogP contribution in [0.4, 0.5) is 0 Å². The zero-order valence-electron chi connectivity index (χ0n) is 16.2. The summed E-state index contributed by atoms with van der Waals surface area (Å²) in [4.78, 5) is 50.4. The number of nitrogens with zero attached hydrogens (tertiary/aromatic N) is 2. The van der Waals surface area contributed by atoms with Crippen LogP contribution >= 0.6 is 0 Å². The summed E-state index contributed by atoms with van der Waals surface area (Å²) in [6, 6.07) is -0.731. The highest BCUT2D eigenvalue weighted by molar-refractivity contribution is 5.97. The van der Waals surface area contributed by atoms with Gasteiger partial charge in [-0.3, -0.25) is 19.2 Å². The molecule has 1 rings (SSSR count). The first-order valence-electron chi connectivity index (χ1n) is 8.88. The summed E-state index contributed by atoms with van der Waals surface area (Å²) in [6.45, 7) is 6.08. The van der Waals surface area contributed by atoms with Gasteiger partial charge < -0.3 is 20.4 Å². The topological polar surface area (TPSA) is 98.8 Å². The molecule has 0 aromatic rings. The molecule has 1 aliphatic rings. The molecular weight excluding hydrogens is 336 g/mol. The van der Waals surface area contributed by atoms with E-state index in [-0.39, 0.29) is 36.2 Å². The van der Waals surface area contributed by atoms with Gasteiger partial charge >= 0.3 is 0 Å². The molecule has 2 atom stereocenters.